The van der Waals surface area contributed by atoms with Gasteiger partial charge in [0.05, 0.1) is 18.7 Å². The first kappa shape index (κ1) is 16.1. The van der Waals surface area contributed by atoms with Crippen molar-refractivity contribution in [3.05, 3.63) is 45.1 Å². The second-order valence-corrected chi connectivity index (χ2v) is 6.42. The second-order valence-electron chi connectivity index (χ2n) is 5.61. The number of carbonyl (C=O) groups excluding carboxylic acids is 2. The van der Waals surface area contributed by atoms with E-state index in [2.05, 4.69) is 5.32 Å². The molecule has 0 bridgehead atoms. The van der Waals surface area contributed by atoms with Crippen LogP contribution in [0.4, 0.5) is 4.79 Å². The zero-order chi connectivity index (χ0) is 16.7. The van der Waals surface area contributed by atoms with Crippen LogP contribution in [0.1, 0.15) is 31.4 Å². The maximum Gasteiger partial charge on any atom is 0.337 e. The third-order valence-electron chi connectivity index (χ3n) is 4.13. The first-order chi connectivity index (χ1) is 11.0. The second kappa shape index (κ2) is 6.06. The zero-order valence-electron chi connectivity index (χ0n) is 12.7. The Morgan fingerprint density at radius 3 is 2.43 bits per heavy atom. The van der Waals surface area contributed by atoms with Crippen LogP contribution in [0.5, 0.6) is 0 Å². The summed E-state index contributed by atoms with van der Waals surface area (Å²) in [5, 5.41) is 3.61. The number of allylic oxidation sites excluding steroid dienone is 1. The maximum atomic E-state index is 12.5. The highest BCUT2D eigenvalue weighted by molar-refractivity contribution is 6.36. The Kier molecular flexibility index (Phi) is 4.25. The molecule has 1 aromatic carbocycles. The van der Waals surface area contributed by atoms with E-state index in [0.717, 1.165) is 12.8 Å². The molecule has 0 spiro atoms. The van der Waals surface area contributed by atoms with Crippen LogP contribution in [0.25, 0.3) is 0 Å². The molecule has 1 fully saturated rings. The van der Waals surface area contributed by atoms with Gasteiger partial charge in [-0.3, -0.25) is 4.90 Å². The number of urea groups is 1. The molecule has 23 heavy (non-hydrogen) atoms. The highest BCUT2D eigenvalue weighted by Crippen LogP contribution is 2.41. The molecule has 5 nitrogen and oxygen atoms in total. The predicted octanol–water partition coefficient (Wildman–Crippen LogP) is 3.67. The number of halogens is 2. The highest BCUT2D eigenvalue weighted by atomic mass is 35.5. The van der Waals surface area contributed by atoms with Gasteiger partial charge in [-0.05, 0) is 31.9 Å². The number of nitrogens with one attached hydrogen (secondary N) is 1. The third-order valence-corrected chi connectivity index (χ3v) is 4.79. The minimum atomic E-state index is -0.730. The van der Waals surface area contributed by atoms with Gasteiger partial charge in [0.2, 0.25) is 0 Å². The van der Waals surface area contributed by atoms with Crippen LogP contribution < -0.4 is 5.32 Å². The van der Waals surface area contributed by atoms with Crippen LogP contribution in [-0.4, -0.2) is 30.1 Å². The van der Waals surface area contributed by atoms with E-state index in [9.17, 15) is 9.59 Å². The van der Waals surface area contributed by atoms with Gasteiger partial charge in [-0.2, -0.15) is 0 Å². The first-order valence-corrected chi connectivity index (χ1v) is 8.04. The maximum absolute atomic E-state index is 12.5. The molecule has 0 radical (unpaired) electrons. The normalized spacial score (nSPS) is 21.3. The first-order valence-electron chi connectivity index (χ1n) is 7.28. The fraction of sp³-hybridized carbons (Fsp3) is 0.375. The molecule has 1 aliphatic heterocycles. The fourth-order valence-corrected chi connectivity index (χ4v) is 3.52. The van der Waals surface area contributed by atoms with Crippen molar-refractivity contribution in [3.8, 4) is 0 Å². The quantitative estimate of drug-likeness (QED) is 0.842. The number of ether oxygens (including phenoxy) is 1. The molecule has 2 aliphatic rings. The van der Waals surface area contributed by atoms with Crippen molar-refractivity contribution in [2.75, 3.05) is 7.11 Å². The smallest absolute Gasteiger partial charge is 0.337 e. The van der Waals surface area contributed by atoms with E-state index in [1.165, 1.54) is 7.11 Å². The summed E-state index contributed by atoms with van der Waals surface area (Å²) in [6.07, 6.45) is 1.85. The Hall–Kier alpha value is -1.72. The van der Waals surface area contributed by atoms with Crippen LogP contribution in [0.2, 0.25) is 10.0 Å². The summed E-state index contributed by atoms with van der Waals surface area (Å²) in [5.41, 5.74) is 1.44. The van der Waals surface area contributed by atoms with Crippen LogP contribution in [0.3, 0.4) is 0 Å². The summed E-state index contributed by atoms with van der Waals surface area (Å²) in [4.78, 5) is 26.4. The molecule has 1 N–H and O–H groups in total. The molecule has 1 saturated carbocycles. The standard InChI is InChI=1S/C16H16Cl2N2O3/c1-8-12(15(21)23-2)14(13-10(17)4-3-5-11(13)18)19-16(22)20(8)9-6-7-9/h3-5,9,14H,6-7H2,1-2H3,(H,19,22)/t14-/m0/s1. The fourth-order valence-electron chi connectivity index (χ4n) is 2.91. The molecule has 1 aromatic rings. The van der Waals surface area contributed by atoms with E-state index < -0.39 is 12.0 Å². The average Bonchev–Trinajstić information content (AvgIpc) is 3.31. The van der Waals surface area contributed by atoms with Gasteiger partial charge in [0.15, 0.2) is 0 Å². The van der Waals surface area contributed by atoms with Crippen molar-refractivity contribution in [2.45, 2.75) is 31.8 Å². The van der Waals surface area contributed by atoms with Crippen LogP contribution in [0, 0.1) is 0 Å². The number of rotatable bonds is 3. The molecule has 0 unspecified atom stereocenters. The van der Waals surface area contributed by atoms with E-state index in [-0.39, 0.29) is 12.1 Å². The molecule has 7 heteroatoms. The molecule has 0 saturated heterocycles. The molecule has 1 aliphatic carbocycles. The number of hydrogen-bond donors (Lipinski definition) is 1. The summed E-state index contributed by atoms with van der Waals surface area (Å²) in [6.45, 7) is 1.75. The number of hydrogen-bond acceptors (Lipinski definition) is 3. The van der Waals surface area contributed by atoms with Crippen LogP contribution in [-0.2, 0) is 9.53 Å². The molecular weight excluding hydrogens is 339 g/mol. The lowest BCUT2D eigenvalue weighted by molar-refractivity contribution is -0.136. The highest BCUT2D eigenvalue weighted by Gasteiger charge is 2.43. The van der Waals surface area contributed by atoms with E-state index in [4.69, 9.17) is 27.9 Å². The Balaban J connectivity index is 2.15. The van der Waals surface area contributed by atoms with Crippen molar-refractivity contribution >= 4 is 35.2 Å². The summed E-state index contributed by atoms with van der Waals surface area (Å²) < 4.78 is 4.91. The number of benzene rings is 1. The number of carbonyl (C=O) groups is 2. The Morgan fingerprint density at radius 2 is 1.91 bits per heavy atom. The Labute approximate surface area is 144 Å². The summed E-state index contributed by atoms with van der Waals surface area (Å²) in [6, 6.07) is 4.21. The van der Waals surface area contributed by atoms with Crippen molar-refractivity contribution in [1.29, 1.82) is 0 Å². The SMILES string of the molecule is COC(=O)C1=C(C)N(C2CC2)C(=O)N[C@@H]1c1c(Cl)cccc1Cl. The Morgan fingerprint density at radius 1 is 1.30 bits per heavy atom. The summed E-state index contributed by atoms with van der Waals surface area (Å²) in [5.74, 6) is -0.505. The van der Waals surface area contributed by atoms with Gasteiger partial charge in [0.25, 0.3) is 0 Å². The van der Waals surface area contributed by atoms with E-state index in [0.29, 0.717) is 26.9 Å². The number of nitrogens with zero attached hydrogens (tertiary/aromatic N) is 1. The van der Waals surface area contributed by atoms with Crippen LogP contribution >= 0.6 is 23.2 Å². The van der Waals surface area contributed by atoms with Gasteiger partial charge < -0.3 is 10.1 Å². The van der Waals surface area contributed by atoms with E-state index in [1.54, 1.807) is 30.0 Å². The minimum Gasteiger partial charge on any atom is -0.466 e. The monoisotopic (exact) mass is 354 g/mol. The molecule has 1 heterocycles. The number of methoxy groups -OCH3 is 1. The van der Waals surface area contributed by atoms with Gasteiger partial charge in [-0.25, -0.2) is 9.59 Å². The van der Waals surface area contributed by atoms with Gasteiger partial charge >= 0.3 is 12.0 Å². The topological polar surface area (TPSA) is 58.6 Å². The van der Waals surface area contributed by atoms with E-state index >= 15 is 0 Å². The third kappa shape index (κ3) is 2.79. The molecule has 2 amide bonds. The molecular formula is C16H16Cl2N2O3. The van der Waals surface area contributed by atoms with Crippen molar-refractivity contribution in [3.63, 3.8) is 0 Å². The molecule has 0 aromatic heterocycles. The molecule has 122 valence electrons. The van der Waals surface area contributed by atoms with Crippen LogP contribution in [0.15, 0.2) is 29.5 Å². The summed E-state index contributed by atoms with van der Waals surface area (Å²) in [7, 11) is 1.31. The Bertz CT molecular complexity index is 693. The van der Waals surface area contributed by atoms with E-state index in [1.807, 2.05) is 0 Å². The van der Waals surface area contributed by atoms with Crippen molar-refractivity contribution in [1.82, 2.24) is 10.2 Å². The van der Waals surface area contributed by atoms with Crippen molar-refractivity contribution < 1.29 is 14.3 Å². The van der Waals surface area contributed by atoms with Gasteiger partial charge in [0, 0.05) is 27.3 Å². The van der Waals surface area contributed by atoms with Gasteiger partial charge in [-0.15, -0.1) is 0 Å². The molecule has 3 rings (SSSR count). The van der Waals surface area contributed by atoms with Gasteiger partial charge in [0.1, 0.15) is 0 Å². The summed E-state index contributed by atoms with van der Waals surface area (Å²) >= 11 is 12.5. The lowest BCUT2D eigenvalue weighted by Crippen LogP contribution is -2.49. The molecule has 1 atom stereocenters. The number of esters is 1. The average molecular weight is 355 g/mol. The minimum absolute atomic E-state index is 0.136. The largest absolute Gasteiger partial charge is 0.466 e. The zero-order valence-corrected chi connectivity index (χ0v) is 14.2. The predicted molar refractivity (Wildman–Crippen MR) is 87.3 cm³/mol. The number of amides is 2. The lowest BCUT2D eigenvalue weighted by Gasteiger charge is -2.35. The lowest BCUT2D eigenvalue weighted by atomic mass is 9.94. The van der Waals surface area contributed by atoms with Crippen molar-refractivity contribution in [2.24, 2.45) is 0 Å². The van der Waals surface area contributed by atoms with Gasteiger partial charge in [-0.1, -0.05) is 29.3 Å².